The van der Waals surface area contributed by atoms with E-state index in [-0.39, 0.29) is 6.61 Å². The summed E-state index contributed by atoms with van der Waals surface area (Å²) in [5, 5.41) is 10.1. The molecule has 4 atom stereocenters. The zero-order chi connectivity index (χ0) is 26.5. The first-order valence-electron chi connectivity index (χ1n) is 11.8. The Balaban J connectivity index is 1.52. The Morgan fingerprint density at radius 1 is 0.649 bits per heavy atom. The molecule has 3 aromatic rings. The first kappa shape index (κ1) is 26.4. The molecule has 1 fully saturated rings. The smallest absolute Gasteiger partial charge is 0.338 e. The molecule has 0 aliphatic carbocycles. The average molecular weight is 521 g/mol. The Labute approximate surface area is 219 Å². The van der Waals surface area contributed by atoms with Crippen molar-refractivity contribution in [2.45, 2.75) is 43.7 Å². The second-order valence-corrected chi connectivity index (χ2v) is 10.4. The van der Waals surface area contributed by atoms with Crippen LogP contribution in [0.3, 0.4) is 0 Å². The fourth-order valence-corrected chi connectivity index (χ4v) is 5.04. The normalized spacial score (nSPS) is 20.8. The van der Waals surface area contributed by atoms with Crippen LogP contribution in [0, 0.1) is 20.8 Å². The van der Waals surface area contributed by atoms with Crippen molar-refractivity contribution in [2.75, 3.05) is 6.61 Å². The predicted molar refractivity (Wildman–Crippen MR) is 140 cm³/mol. The lowest BCUT2D eigenvalue weighted by Crippen LogP contribution is -2.41. The highest BCUT2D eigenvalue weighted by Gasteiger charge is 2.49. The highest BCUT2D eigenvalue weighted by atomic mass is 32.2. The SMILES string of the molecule is Cc1ccc(C(=O)OC[C@@H]2SC(O)[C@@H](OC(=O)c3ccc(C)cc3)[C@@H]2OC(=O)c2ccc(C)cc2)cc1. The summed E-state index contributed by atoms with van der Waals surface area (Å²) in [6.07, 6.45) is -2.20. The van der Waals surface area contributed by atoms with Gasteiger partial charge in [0.1, 0.15) is 12.0 Å². The first-order chi connectivity index (χ1) is 17.7. The summed E-state index contributed by atoms with van der Waals surface area (Å²) in [6, 6.07) is 20.6. The van der Waals surface area contributed by atoms with Crippen LogP contribution >= 0.6 is 11.8 Å². The lowest BCUT2D eigenvalue weighted by atomic mass is 10.1. The topological polar surface area (TPSA) is 99.1 Å². The quantitative estimate of drug-likeness (QED) is 0.355. The third-order valence-corrected chi connectivity index (χ3v) is 7.31. The molecule has 1 unspecified atom stereocenters. The number of hydrogen-bond acceptors (Lipinski definition) is 8. The van der Waals surface area contributed by atoms with Crippen molar-refractivity contribution >= 4 is 29.7 Å². The van der Waals surface area contributed by atoms with Gasteiger partial charge < -0.3 is 19.3 Å². The Morgan fingerprint density at radius 3 is 1.46 bits per heavy atom. The Bertz CT molecular complexity index is 1250. The number of aliphatic hydroxyl groups excluding tert-OH is 1. The highest BCUT2D eigenvalue weighted by molar-refractivity contribution is 8.00. The molecule has 0 amide bonds. The van der Waals surface area contributed by atoms with Crippen molar-refractivity contribution in [3.05, 3.63) is 106 Å². The maximum atomic E-state index is 12.9. The average Bonchev–Trinajstić information content (AvgIpc) is 3.17. The number of carbonyl (C=O) groups excluding carboxylic acids is 3. The fourth-order valence-electron chi connectivity index (χ4n) is 3.80. The van der Waals surface area contributed by atoms with Crippen molar-refractivity contribution in [1.82, 2.24) is 0 Å². The third-order valence-electron chi connectivity index (χ3n) is 6.01. The number of esters is 3. The van der Waals surface area contributed by atoms with Gasteiger partial charge in [0.15, 0.2) is 12.2 Å². The predicted octanol–water partition coefficient (Wildman–Crippen LogP) is 4.65. The monoisotopic (exact) mass is 520 g/mol. The molecule has 4 rings (SSSR count). The molecule has 0 spiro atoms. The maximum Gasteiger partial charge on any atom is 0.338 e. The van der Waals surface area contributed by atoms with E-state index in [9.17, 15) is 19.5 Å². The first-order valence-corrected chi connectivity index (χ1v) is 12.8. The van der Waals surface area contributed by atoms with Gasteiger partial charge in [0.25, 0.3) is 0 Å². The van der Waals surface area contributed by atoms with Gasteiger partial charge in [-0.15, -0.1) is 11.8 Å². The van der Waals surface area contributed by atoms with Gasteiger partial charge in [0.2, 0.25) is 0 Å². The number of ether oxygens (including phenoxy) is 3. The van der Waals surface area contributed by atoms with E-state index in [2.05, 4.69) is 0 Å². The highest BCUT2D eigenvalue weighted by Crippen LogP contribution is 2.38. The summed E-state index contributed by atoms with van der Waals surface area (Å²) in [4.78, 5) is 38.3. The molecule has 1 saturated heterocycles. The van der Waals surface area contributed by atoms with Crippen molar-refractivity contribution in [2.24, 2.45) is 0 Å². The molecule has 0 radical (unpaired) electrons. The minimum absolute atomic E-state index is 0.154. The zero-order valence-electron chi connectivity index (χ0n) is 20.7. The summed E-state index contributed by atoms with van der Waals surface area (Å²) in [7, 11) is 0. The van der Waals surface area contributed by atoms with Gasteiger partial charge in [0, 0.05) is 0 Å². The van der Waals surface area contributed by atoms with Gasteiger partial charge in [-0.05, 0) is 57.2 Å². The zero-order valence-corrected chi connectivity index (χ0v) is 21.6. The molecule has 3 aromatic carbocycles. The van der Waals surface area contributed by atoms with Crippen LogP contribution in [0.25, 0.3) is 0 Å². The standard InChI is InChI=1S/C29H28O7S/c1-17-4-10-20(11-5-17)26(30)34-16-23-24(35-27(31)21-12-6-18(2)7-13-21)25(29(33)37-23)36-28(32)22-14-8-19(3)9-15-22/h4-15,23-25,29,33H,16H2,1-3H3/t23-,24+,25-,29?/m0/s1. The van der Waals surface area contributed by atoms with Crippen molar-refractivity contribution in [3.8, 4) is 0 Å². The van der Waals surface area contributed by atoms with Crippen LogP contribution in [-0.2, 0) is 14.2 Å². The summed E-state index contributed by atoms with van der Waals surface area (Å²) in [5.74, 6) is -1.83. The minimum atomic E-state index is -1.19. The van der Waals surface area contributed by atoms with Crippen molar-refractivity contribution in [3.63, 3.8) is 0 Å². The minimum Gasteiger partial charge on any atom is -0.461 e. The molecular weight excluding hydrogens is 492 g/mol. The van der Waals surface area contributed by atoms with Crippen LogP contribution in [-0.4, -0.2) is 52.5 Å². The van der Waals surface area contributed by atoms with Gasteiger partial charge >= 0.3 is 17.9 Å². The molecule has 192 valence electrons. The van der Waals surface area contributed by atoms with Gasteiger partial charge in [-0.3, -0.25) is 0 Å². The number of aliphatic hydroxyl groups is 1. The number of rotatable bonds is 7. The third kappa shape index (κ3) is 6.58. The molecule has 1 N–H and O–H groups in total. The molecule has 8 heteroatoms. The molecule has 1 heterocycles. The molecule has 0 saturated carbocycles. The molecule has 1 aliphatic heterocycles. The van der Waals surface area contributed by atoms with Gasteiger partial charge in [-0.25, -0.2) is 14.4 Å². The van der Waals surface area contributed by atoms with Gasteiger partial charge in [-0.2, -0.15) is 0 Å². The largest absolute Gasteiger partial charge is 0.461 e. The molecule has 1 aliphatic rings. The molecule has 0 bridgehead atoms. The molecule has 37 heavy (non-hydrogen) atoms. The number of carbonyl (C=O) groups is 3. The van der Waals surface area contributed by atoms with Crippen LogP contribution in [0.5, 0.6) is 0 Å². The lowest BCUT2D eigenvalue weighted by Gasteiger charge is -2.24. The Hall–Kier alpha value is -3.62. The molecule has 0 aromatic heterocycles. The van der Waals surface area contributed by atoms with Crippen LogP contribution < -0.4 is 0 Å². The molecular formula is C29H28O7S. The van der Waals surface area contributed by atoms with E-state index in [4.69, 9.17) is 14.2 Å². The summed E-state index contributed by atoms with van der Waals surface area (Å²) >= 11 is 1.02. The van der Waals surface area contributed by atoms with E-state index < -0.39 is 40.8 Å². The summed E-state index contributed by atoms with van der Waals surface area (Å²) < 4.78 is 16.9. The van der Waals surface area contributed by atoms with Crippen LogP contribution in [0.1, 0.15) is 47.8 Å². The second-order valence-electron chi connectivity index (χ2n) is 9.00. The van der Waals surface area contributed by atoms with Crippen LogP contribution in [0.2, 0.25) is 0 Å². The van der Waals surface area contributed by atoms with E-state index in [0.29, 0.717) is 16.7 Å². The lowest BCUT2D eigenvalue weighted by molar-refractivity contribution is -0.0557. The second kappa shape index (κ2) is 11.6. The van der Waals surface area contributed by atoms with Crippen molar-refractivity contribution in [1.29, 1.82) is 0 Å². The summed E-state index contributed by atoms with van der Waals surface area (Å²) in [6.45, 7) is 5.56. The van der Waals surface area contributed by atoms with E-state index in [1.54, 1.807) is 72.8 Å². The Morgan fingerprint density at radius 2 is 1.03 bits per heavy atom. The van der Waals surface area contributed by atoms with Crippen molar-refractivity contribution < 1.29 is 33.7 Å². The van der Waals surface area contributed by atoms with Crippen LogP contribution in [0.15, 0.2) is 72.8 Å². The summed E-state index contributed by atoms with van der Waals surface area (Å²) in [5.41, 5.74) is 2.78. The van der Waals surface area contributed by atoms with Crippen LogP contribution in [0.4, 0.5) is 0 Å². The van der Waals surface area contributed by atoms with E-state index in [0.717, 1.165) is 28.5 Å². The molecule has 7 nitrogen and oxygen atoms in total. The maximum absolute atomic E-state index is 12.9. The number of benzene rings is 3. The fraction of sp³-hybridized carbons (Fsp3) is 0.276. The van der Waals surface area contributed by atoms with Gasteiger partial charge in [0.05, 0.1) is 21.9 Å². The van der Waals surface area contributed by atoms with E-state index in [1.807, 2.05) is 20.8 Å². The number of thioether (sulfide) groups is 1. The van der Waals surface area contributed by atoms with E-state index >= 15 is 0 Å². The number of hydrogen-bond donors (Lipinski definition) is 1. The van der Waals surface area contributed by atoms with Gasteiger partial charge in [-0.1, -0.05) is 53.1 Å². The Kier molecular flexibility index (Phi) is 8.31. The van der Waals surface area contributed by atoms with E-state index in [1.165, 1.54) is 0 Å². The number of aryl methyl sites for hydroxylation is 3.